The number of benzene rings is 1. The van der Waals surface area contributed by atoms with Crippen molar-refractivity contribution in [1.82, 2.24) is 4.90 Å². The molecule has 6 nitrogen and oxygen atoms in total. The van der Waals surface area contributed by atoms with Gasteiger partial charge in [-0.3, -0.25) is 14.6 Å². The van der Waals surface area contributed by atoms with E-state index in [2.05, 4.69) is 24.4 Å². The van der Waals surface area contributed by atoms with Crippen molar-refractivity contribution in [2.24, 2.45) is 10.7 Å². The van der Waals surface area contributed by atoms with Crippen LogP contribution in [-0.2, 0) is 9.53 Å². The Hall–Kier alpha value is -3.24. The first-order valence-electron chi connectivity index (χ1n) is 13.4. The maximum Gasteiger partial charge on any atom is 0.243 e. The number of carbonyl (C=O) groups excluding carboxylic acids is 2. The number of guanidine groups is 1. The molecule has 0 saturated carbocycles. The van der Waals surface area contributed by atoms with Gasteiger partial charge in [-0.15, -0.1) is 24.1 Å². The third kappa shape index (κ3) is 7.88. The average Bonchev–Trinajstić information content (AvgIpc) is 2.99. The fourth-order valence-corrected chi connectivity index (χ4v) is 5.37. The van der Waals surface area contributed by atoms with Gasteiger partial charge < -0.3 is 15.4 Å². The van der Waals surface area contributed by atoms with Gasteiger partial charge in [0, 0.05) is 56.3 Å². The number of nitrogens with two attached hydrogens (primary N) is 1. The molecule has 4 rings (SSSR count). The fourth-order valence-electron chi connectivity index (χ4n) is 4.11. The molecule has 1 fully saturated rings. The van der Waals surface area contributed by atoms with E-state index in [4.69, 9.17) is 16.9 Å². The first kappa shape index (κ1) is 32.8. The van der Waals surface area contributed by atoms with E-state index in [0.29, 0.717) is 27.9 Å². The van der Waals surface area contributed by atoms with Crippen molar-refractivity contribution in [3.05, 3.63) is 64.6 Å². The summed E-state index contributed by atoms with van der Waals surface area (Å²) >= 11 is 1.45. The van der Waals surface area contributed by atoms with Crippen LogP contribution in [0.5, 0.6) is 0 Å². The second kappa shape index (κ2) is 16.6. The lowest BCUT2D eigenvalue weighted by molar-refractivity contribution is -0.111. The van der Waals surface area contributed by atoms with Gasteiger partial charge >= 0.3 is 0 Å². The van der Waals surface area contributed by atoms with Gasteiger partial charge in [0.05, 0.1) is 0 Å². The minimum absolute atomic E-state index is 0.332. The van der Waals surface area contributed by atoms with Crippen LogP contribution in [0.3, 0.4) is 0 Å². The number of ether oxygens (including phenoxy) is 1. The van der Waals surface area contributed by atoms with Gasteiger partial charge in [0.25, 0.3) is 0 Å². The van der Waals surface area contributed by atoms with Gasteiger partial charge in [-0.1, -0.05) is 83.2 Å². The number of rotatable bonds is 3. The van der Waals surface area contributed by atoms with Crippen molar-refractivity contribution >= 4 is 35.0 Å². The van der Waals surface area contributed by atoms with Gasteiger partial charge in [-0.25, -0.2) is 0 Å². The summed E-state index contributed by atoms with van der Waals surface area (Å²) in [7, 11) is 1.69. The number of fused-ring (bicyclic) bond motifs is 2. The number of hydrogen-bond acceptors (Lipinski definition) is 5. The topological polar surface area (TPSA) is 85.0 Å². The SMILES string of the molecule is C#CC/C=C(\C=C)CC.CC.CC.CN=C(N)N1CCC2(CC1)CSC1=C(O2)c2ccccc2C(=O)C1=O. The highest BCUT2D eigenvalue weighted by Gasteiger charge is 2.46. The number of ketones is 2. The van der Waals surface area contributed by atoms with E-state index >= 15 is 0 Å². The molecule has 0 unspecified atom stereocenters. The Bertz CT molecular complexity index is 1100. The Labute approximate surface area is 233 Å². The van der Waals surface area contributed by atoms with E-state index in [9.17, 15) is 9.59 Å². The Morgan fingerprint density at radius 3 is 2.32 bits per heavy atom. The highest BCUT2D eigenvalue weighted by atomic mass is 32.2. The van der Waals surface area contributed by atoms with Crippen molar-refractivity contribution in [2.45, 2.75) is 65.9 Å². The van der Waals surface area contributed by atoms with Gasteiger partial charge in [-0.05, 0) is 6.42 Å². The summed E-state index contributed by atoms with van der Waals surface area (Å²) in [5, 5.41) is 0. The molecule has 206 valence electrons. The molecular weight excluding hydrogens is 494 g/mol. The Balaban J connectivity index is 0.000000472. The van der Waals surface area contributed by atoms with E-state index in [1.165, 1.54) is 17.3 Å². The number of carbonyl (C=O) groups is 2. The lowest BCUT2D eigenvalue weighted by Gasteiger charge is -2.45. The summed E-state index contributed by atoms with van der Waals surface area (Å²) in [5.74, 6) is 3.44. The standard InChI is InChI=1S/C18H19N3O3S.C9H12.2C2H6/c1-20-17(19)21-8-6-18(7-9-21)10-25-16-14(23)13(22)11-4-2-3-5-12(11)15(16)24-18;1-4-7-8-9(5-2)6-3;2*1-2/h2-5H,6-10H2,1H3,(H2,19,20);1,5,8H,2,6-7H2,3H3;2*1-2H3/b;9-8+;;. The van der Waals surface area contributed by atoms with E-state index in [1.807, 2.05) is 56.9 Å². The van der Waals surface area contributed by atoms with E-state index < -0.39 is 11.6 Å². The van der Waals surface area contributed by atoms with Crippen molar-refractivity contribution in [2.75, 3.05) is 25.9 Å². The maximum absolute atomic E-state index is 12.4. The predicted octanol–water partition coefficient (Wildman–Crippen LogP) is 6.25. The molecule has 1 saturated heterocycles. The molecular formula is C31H43N3O3S. The van der Waals surface area contributed by atoms with E-state index in [-0.39, 0.29) is 5.60 Å². The molecule has 3 aliphatic rings. The van der Waals surface area contributed by atoms with Crippen molar-refractivity contribution in [3.8, 4) is 12.3 Å². The number of terminal acetylenes is 1. The fraction of sp³-hybridized carbons (Fsp3) is 0.452. The van der Waals surface area contributed by atoms with E-state index in [0.717, 1.165) is 44.3 Å². The normalized spacial score (nSPS) is 17.7. The van der Waals surface area contributed by atoms with Crippen LogP contribution < -0.4 is 5.73 Å². The second-order valence-electron chi connectivity index (χ2n) is 8.25. The molecule has 1 aliphatic carbocycles. The quantitative estimate of drug-likeness (QED) is 0.161. The number of nitrogens with zero attached hydrogens (tertiary/aromatic N) is 2. The summed E-state index contributed by atoms with van der Waals surface area (Å²) in [4.78, 5) is 31.3. The second-order valence-corrected chi connectivity index (χ2v) is 9.24. The Morgan fingerprint density at radius 2 is 1.79 bits per heavy atom. The van der Waals surface area contributed by atoms with Crippen molar-refractivity contribution in [3.63, 3.8) is 0 Å². The van der Waals surface area contributed by atoms with Crippen LogP contribution in [0.25, 0.3) is 5.76 Å². The summed E-state index contributed by atoms with van der Waals surface area (Å²) in [6.45, 7) is 15.3. The molecule has 1 aromatic carbocycles. The van der Waals surface area contributed by atoms with Gasteiger partial charge in [0.1, 0.15) is 16.3 Å². The monoisotopic (exact) mass is 537 g/mol. The molecule has 0 radical (unpaired) electrons. The number of piperidine rings is 1. The van der Waals surface area contributed by atoms with Crippen LogP contribution >= 0.6 is 11.8 Å². The lowest BCUT2D eigenvalue weighted by Crippen LogP contribution is -2.52. The predicted molar refractivity (Wildman–Crippen MR) is 162 cm³/mol. The van der Waals surface area contributed by atoms with Crippen LogP contribution in [0.2, 0.25) is 0 Å². The number of allylic oxidation sites excluding steroid dienone is 4. The van der Waals surface area contributed by atoms with Crippen molar-refractivity contribution in [1.29, 1.82) is 0 Å². The third-order valence-corrected chi connectivity index (χ3v) is 7.54. The molecule has 0 atom stereocenters. The van der Waals surface area contributed by atoms with Crippen LogP contribution in [0, 0.1) is 12.3 Å². The molecule has 2 heterocycles. The highest BCUT2D eigenvalue weighted by Crippen LogP contribution is 2.47. The van der Waals surface area contributed by atoms with E-state index in [1.54, 1.807) is 19.2 Å². The zero-order valence-electron chi connectivity index (χ0n) is 23.8. The minimum Gasteiger partial charge on any atom is -0.484 e. The largest absolute Gasteiger partial charge is 0.484 e. The first-order valence-corrected chi connectivity index (χ1v) is 14.3. The minimum atomic E-state index is -0.451. The van der Waals surface area contributed by atoms with Crippen LogP contribution in [0.1, 0.15) is 76.2 Å². The highest BCUT2D eigenvalue weighted by molar-refractivity contribution is 8.04. The number of likely N-dealkylation sites (tertiary alicyclic amines) is 1. The molecule has 1 spiro atoms. The molecule has 7 heteroatoms. The van der Waals surface area contributed by atoms with Gasteiger partial charge in [-0.2, -0.15) is 0 Å². The number of hydrogen-bond donors (Lipinski definition) is 1. The Morgan fingerprint density at radius 1 is 1.18 bits per heavy atom. The smallest absolute Gasteiger partial charge is 0.243 e. The number of aliphatic imine (C=N–C) groups is 1. The van der Waals surface area contributed by atoms with Gasteiger partial charge in [0.15, 0.2) is 5.96 Å². The van der Waals surface area contributed by atoms with Gasteiger partial charge in [0.2, 0.25) is 11.6 Å². The molecule has 2 aliphatic heterocycles. The Kier molecular flexibility index (Phi) is 14.3. The molecule has 0 aromatic heterocycles. The van der Waals surface area contributed by atoms with Crippen molar-refractivity contribution < 1.29 is 14.3 Å². The summed E-state index contributed by atoms with van der Waals surface area (Å²) in [5.41, 5.74) is 7.97. The lowest BCUT2D eigenvalue weighted by atomic mass is 9.90. The summed E-state index contributed by atoms with van der Waals surface area (Å²) < 4.78 is 6.40. The molecule has 0 bridgehead atoms. The first-order chi connectivity index (χ1) is 18.4. The molecule has 1 aromatic rings. The van der Waals surface area contributed by atoms with Crippen LogP contribution in [0.4, 0.5) is 0 Å². The molecule has 2 N–H and O–H groups in total. The summed E-state index contributed by atoms with van der Waals surface area (Å²) in [6.07, 6.45) is 12.3. The maximum atomic E-state index is 12.4. The zero-order chi connectivity index (χ0) is 28.7. The molecule has 0 amide bonds. The van der Waals surface area contributed by atoms with Crippen LogP contribution in [0.15, 0.2) is 58.5 Å². The summed E-state index contributed by atoms with van der Waals surface area (Å²) in [6, 6.07) is 7.18. The number of Topliss-reactive ketones (excluding diaryl/α,β-unsaturated/α-hetero) is 2. The number of thioether (sulfide) groups is 1. The van der Waals surface area contributed by atoms with Crippen LogP contribution in [-0.4, -0.2) is 53.9 Å². The molecule has 38 heavy (non-hydrogen) atoms. The average molecular weight is 538 g/mol. The third-order valence-electron chi connectivity index (χ3n) is 6.21. The zero-order valence-corrected chi connectivity index (χ0v) is 24.6.